The van der Waals surface area contributed by atoms with E-state index in [1.54, 1.807) is 6.07 Å². The van der Waals surface area contributed by atoms with Gasteiger partial charge in [-0.3, -0.25) is 0 Å². The molecule has 116 valence electrons. The van der Waals surface area contributed by atoms with Crippen LogP contribution in [0.5, 0.6) is 11.5 Å². The van der Waals surface area contributed by atoms with Gasteiger partial charge in [0.15, 0.2) is 0 Å². The van der Waals surface area contributed by atoms with Gasteiger partial charge in [0.25, 0.3) is 0 Å². The predicted octanol–water partition coefficient (Wildman–Crippen LogP) is 3.79. The summed E-state index contributed by atoms with van der Waals surface area (Å²) in [5, 5.41) is 29.7. The number of hydrogen-bond acceptors (Lipinski definition) is 3. The van der Waals surface area contributed by atoms with Gasteiger partial charge in [0.1, 0.15) is 11.5 Å². The molecular formula is C17H24O4. The number of carboxylic acid groups (broad SMARTS) is 1. The van der Waals surface area contributed by atoms with E-state index in [0.29, 0.717) is 16.7 Å². The number of benzene rings is 1. The summed E-state index contributed by atoms with van der Waals surface area (Å²) >= 11 is 0. The van der Waals surface area contributed by atoms with E-state index in [0.717, 1.165) is 6.08 Å². The van der Waals surface area contributed by atoms with Gasteiger partial charge < -0.3 is 15.3 Å². The summed E-state index contributed by atoms with van der Waals surface area (Å²) in [6.07, 6.45) is 2.33. The first-order valence-corrected chi connectivity index (χ1v) is 6.86. The Morgan fingerprint density at radius 3 is 1.90 bits per heavy atom. The summed E-state index contributed by atoms with van der Waals surface area (Å²) < 4.78 is 0. The van der Waals surface area contributed by atoms with Gasteiger partial charge in [0.05, 0.1) is 0 Å². The maximum Gasteiger partial charge on any atom is 0.328 e. The average Bonchev–Trinajstić information content (AvgIpc) is 2.23. The van der Waals surface area contributed by atoms with Gasteiger partial charge in [-0.15, -0.1) is 0 Å². The molecule has 0 saturated carbocycles. The number of aromatic hydroxyl groups is 2. The Morgan fingerprint density at radius 2 is 1.52 bits per heavy atom. The molecule has 4 heteroatoms. The topological polar surface area (TPSA) is 77.8 Å². The Balaban J connectivity index is 3.73. The summed E-state index contributed by atoms with van der Waals surface area (Å²) in [5.41, 5.74) is 0.700. The largest absolute Gasteiger partial charge is 0.507 e. The molecule has 0 atom stereocenters. The van der Waals surface area contributed by atoms with Crippen molar-refractivity contribution >= 4 is 12.0 Å². The fourth-order valence-corrected chi connectivity index (χ4v) is 2.25. The molecule has 1 rings (SSSR count). The van der Waals surface area contributed by atoms with Crippen LogP contribution in [0.2, 0.25) is 0 Å². The van der Waals surface area contributed by atoms with E-state index in [4.69, 9.17) is 5.11 Å². The van der Waals surface area contributed by atoms with Crippen LogP contribution in [0.4, 0.5) is 0 Å². The van der Waals surface area contributed by atoms with E-state index in [9.17, 15) is 15.0 Å². The second kappa shape index (κ2) is 5.43. The number of phenols is 2. The van der Waals surface area contributed by atoms with E-state index in [-0.39, 0.29) is 16.9 Å². The monoisotopic (exact) mass is 292 g/mol. The lowest BCUT2D eigenvalue weighted by molar-refractivity contribution is -0.131. The van der Waals surface area contributed by atoms with Gasteiger partial charge in [-0.05, 0) is 23.0 Å². The van der Waals surface area contributed by atoms with Crippen molar-refractivity contribution in [2.45, 2.75) is 52.4 Å². The molecule has 0 unspecified atom stereocenters. The SMILES string of the molecule is CC(C)(C)c1cc(C=CC(=O)O)c(O)c(C(C)(C)C)c1O. The molecule has 1 aromatic rings. The van der Waals surface area contributed by atoms with E-state index in [1.807, 2.05) is 41.5 Å². The van der Waals surface area contributed by atoms with Gasteiger partial charge in [0.2, 0.25) is 0 Å². The van der Waals surface area contributed by atoms with Crippen molar-refractivity contribution in [2.75, 3.05) is 0 Å². The molecule has 0 spiro atoms. The summed E-state index contributed by atoms with van der Waals surface area (Å²) in [7, 11) is 0. The summed E-state index contributed by atoms with van der Waals surface area (Å²) in [6, 6.07) is 1.64. The number of hydrogen-bond donors (Lipinski definition) is 3. The third-order valence-electron chi connectivity index (χ3n) is 3.27. The van der Waals surface area contributed by atoms with Crippen molar-refractivity contribution in [1.29, 1.82) is 0 Å². The molecule has 1 aromatic carbocycles. The Kier molecular flexibility index (Phi) is 4.42. The highest BCUT2D eigenvalue weighted by molar-refractivity contribution is 5.86. The fraction of sp³-hybridized carbons (Fsp3) is 0.471. The van der Waals surface area contributed by atoms with E-state index in [1.165, 1.54) is 6.08 Å². The third kappa shape index (κ3) is 3.78. The van der Waals surface area contributed by atoms with Crippen LogP contribution < -0.4 is 0 Å². The minimum Gasteiger partial charge on any atom is -0.507 e. The summed E-state index contributed by atoms with van der Waals surface area (Å²) in [6.45, 7) is 11.5. The third-order valence-corrected chi connectivity index (χ3v) is 3.27. The molecule has 4 nitrogen and oxygen atoms in total. The van der Waals surface area contributed by atoms with Gasteiger partial charge in [-0.25, -0.2) is 4.79 Å². The van der Waals surface area contributed by atoms with Crippen LogP contribution in [0.25, 0.3) is 6.08 Å². The Morgan fingerprint density at radius 1 is 1.00 bits per heavy atom. The second-order valence-electron chi connectivity index (χ2n) is 7.26. The predicted molar refractivity (Wildman–Crippen MR) is 83.8 cm³/mol. The molecule has 0 radical (unpaired) electrons. The molecule has 0 aliphatic heterocycles. The zero-order valence-electron chi connectivity index (χ0n) is 13.5. The number of carbonyl (C=O) groups is 1. The first kappa shape index (κ1) is 17.1. The van der Waals surface area contributed by atoms with Gasteiger partial charge in [0, 0.05) is 22.8 Å². The second-order valence-corrected chi connectivity index (χ2v) is 7.26. The van der Waals surface area contributed by atoms with Crippen LogP contribution >= 0.6 is 0 Å². The summed E-state index contributed by atoms with van der Waals surface area (Å²) in [4.78, 5) is 10.7. The lowest BCUT2D eigenvalue weighted by Gasteiger charge is -2.29. The minimum absolute atomic E-state index is 0.0694. The molecular weight excluding hydrogens is 268 g/mol. The van der Waals surface area contributed by atoms with Crippen molar-refractivity contribution in [2.24, 2.45) is 0 Å². The molecule has 0 aliphatic carbocycles. The first-order chi connectivity index (χ1) is 9.35. The normalized spacial score (nSPS) is 12.9. The van der Waals surface area contributed by atoms with Gasteiger partial charge in [-0.1, -0.05) is 41.5 Å². The van der Waals surface area contributed by atoms with Crippen LogP contribution in [0.3, 0.4) is 0 Å². The summed E-state index contributed by atoms with van der Waals surface area (Å²) in [5.74, 6) is -1.09. The van der Waals surface area contributed by atoms with Crippen LogP contribution in [0, 0.1) is 0 Å². The molecule has 0 heterocycles. The lowest BCUT2D eigenvalue weighted by atomic mass is 9.77. The molecule has 0 aliphatic rings. The van der Waals surface area contributed by atoms with Gasteiger partial charge in [-0.2, -0.15) is 0 Å². The van der Waals surface area contributed by atoms with Crippen LogP contribution in [-0.2, 0) is 15.6 Å². The number of carboxylic acids is 1. The molecule has 0 amide bonds. The van der Waals surface area contributed by atoms with Crippen molar-refractivity contribution < 1.29 is 20.1 Å². The number of aliphatic carboxylic acids is 1. The Hall–Kier alpha value is -1.97. The van der Waals surface area contributed by atoms with Crippen molar-refractivity contribution in [3.63, 3.8) is 0 Å². The first-order valence-electron chi connectivity index (χ1n) is 6.86. The molecule has 0 bridgehead atoms. The zero-order chi connectivity index (χ0) is 16.6. The Labute approximate surface area is 125 Å². The van der Waals surface area contributed by atoms with Crippen LogP contribution in [0.1, 0.15) is 58.2 Å². The van der Waals surface area contributed by atoms with Crippen molar-refractivity contribution in [3.8, 4) is 11.5 Å². The number of phenolic OH excluding ortho intramolecular Hbond substituents is 2. The highest BCUT2D eigenvalue weighted by Crippen LogP contribution is 2.45. The molecule has 0 saturated heterocycles. The zero-order valence-corrected chi connectivity index (χ0v) is 13.5. The van der Waals surface area contributed by atoms with E-state index >= 15 is 0 Å². The smallest absolute Gasteiger partial charge is 0.328 e. The minimum atomic E-state index is -1.09. The molecule has 0 fully saturated rings. The quantitative estimate of drug-likeness (QED) is 0.725. The fourth-order valence-electron chi connectivity index (χ4n) is 2.25. The molecule has 3 N–H and O–H groups in total. The van der Waals surface area contributed by atoms with Gasteiger partial charge >= 0.3 is 5.97 Å². The molecule has 0 aromatic heterocycles. The Bertz CT molecular complexity index is 584. The maximum atomic E-state index is 10.7. The highest BCUT2D eigenvalue weighted by atomic mass is 16.4. The molecule has 21 heavy (non-hydrogen) atoms. The maximum absolute atomic E-state index is 10.7. The highest BCUT2D eigenvalue weighted by Gasteiger charge is 2.30. The number of rotatable bonds is 2. The lowest BCUT2D eigenvalue weighted by Crippen LogP contribution is -2.18. The van der Waals surface area contributed by atoms with Crippen molar-refractivity contribution in [3.05, 3.63) is 28.8 Å². The average molecular weight is 292 g/mol. The standard InChI is InChI=1S/C17H24O4/c1-16(2,3)11-9-10(7-8-12(18)19)14(20)13(15(11)21)17(4,5)6/h7-9,20-21H,1-6H3,(H,18,19). The van der Waals surface area contributed by atoms with Crippen LogP contribution in [-0.4, -0.2) is 21.3 Å². The van der Waals surface area contributed by atoms with E-state index in [2.05, 4.69) is 0 Å². The van der Waals surface area contributed by atoms with E-state index < -0.39 is 11.4 Å². The van der Waals surface area contributed by atoms with Crippen molar-refractivity contribution in [1.82, 2.24) is 0 Å². The van der Waals surface area contributed by atoms with Crippen LogP contribution in [0.15, 0.2) is 12.1 Å².